The third-order valence-corrected chi connectivity index (χ3v) is 11.1. The molecule has 0 aliphatic heterocycles. The maximum Gasteiger partial charge on any atom is 0.0567 e. The third kappa shape index (κ3) is 5.01. The topological polar surface area (TPSA) is 6.48 Å². The van der Waals surface area contributed by atoms with Gasteiger partial charge in [-0.1, -0.05) is 133 Å². The fourth-order valence-corrected chi connectivity index (χ4v) is 8.82. The number of hydrogen-bond donors (Lipinski definition) is 0. The fraction of sp³-hybridized carbons (Fsp3) is 0. The first-order valence-corrected chi connectivity index (χ1v) is 18.2. The van der Waals surface area contributed by atoms with E-state index in [9.17, 15) is 0 Å². The van der Waals surface area contributed by atoms with Crippen LogP contribution < -0.4 is 9.80 Å². The van der Waals surface area contributed by atoms with Crippen LogP contribution in [-0.4, -0.2) is 0 Å². The van der Waals surface area contributed by atoms with Crippen molar-refractivity contribution in [2.75, 3.05) is 9.80 Å². The minimum absolute atomic E-state index is 1.10. The zero-order valence-corrected chi connectivity index (χ0v) is 28.6. The third-order valence-electron chi connectivity index (χ3n) is 9.96. The predicted molar refractivity (Wildman–Crippen MR) is 221 cm³/mol. The van der Waals surface area contributed by atoms with Crippen LogP contribution in [0.4, 0.5) is 34.1 Å². The number of thiophene rings is 1. The summed E-state index contributed by atoms with van der Waals surface area (Å²) in [5, 5.41) is 9.89. The van der Waals surface area contributed by atoms with Gasteiger partial charge in [0.15, 0.2) is 0 Å². The zero-order chi connectivity index (χ0) is 33.7. The second-order valence-corrected chi connectivity index (χ2v) is 14.1. The van der Waals surface area contributed by atoms with Crippen molar-refractivity contribution in [3.05, 3.63) is 194 Å². The van der Waals surface area contributed by atoms with Crippen LogP contribution in [-0.2, 0) is 0 Å². The van der Waals surface area contributed by atoms with Crippen molar-refractivity contribution in [2.24, 2.45) is 0 Å². The summed E-state index contributed by atoms with van der Waals surface area (Å²) in [5.41, 5.74) is 6.72. The van der Waals surface area contributed by atoms with Crippen molar-refractivity contribution in [2.45, 2.75) is 0 Å². The lowest BCUT2D eigenvalue weighted by atomic mass is 9.97. The first-order valence-electron chi connectivity index (χ1n) is 17.4. The molecule has 51 heavy (non-hydrogen) atoms. The van der Waals surface area contributed by atoms with Crippen molar-refractivity contribution in [1.82, 2.24) is 0 Å². The summed E-state index contributed by atoms with van der Waals surface area (Å²) in [6.45, 7) is 0. The summed E-state index contributed by atoms with van der Waals surface area (Å²) in [4.78, 5) is 4.87. The second-order valence-electron chi connectivity index (χ2n) is 13.0. The molecule has 0 N–H and O–H groups in total. The van der Waals surface area contributed by atoms with E-state index in [4.69, 9.17) is 0 Å². The Bertz CT molecular complexity index is 2870. The van der Waals surface area contributed by atoms with E-state index in [2.05, 4.69) is 204 Å². The summed E-state index contributed by atoms with van der Waals surface area (Å²) >= 11 is 1.86. The molecule has 0 fully saturated rings. The maximum absolute atomic E-state index is 2.46. The molecule has 10 rings (SSSR count). The zero-order valence-electron chi connectivity index (χ0n) is 27.8. The highest BCUT2D eigenvalue weighted by molar-refractivity contribution is 7.25. The van der Waals surface area contributed by atoms with Crippen LogP contribution in [0.1, 0.15) is 0 Å². The highest BCUT2D eigenvalue weighted by Gasteiger charge is 2.23. The van der Waals surface area contributed by atoms with Crippen LogP contribution in [0.2, 0.25) is 0 Å². The van der Waals surface area contributed by atoms with E-state index in [1.807, 2.05) is 11.3 Å². The monoisotopic (exact) mass is 668 g/mol. The van der Waals surface area contributed by atoms with Gasteiger partial charge in [-0.25, -0.2) is 0 Å². The molecule has 0 aliphatic carbocycles. The van der Waals surface area contributed by atoms with Crippen LogP contribution >= 0.6 is 11.3 Å². The molecule has 0 saturated heterocycles. The molecule has 0 aliphatic rings. The molecule has 2 nitrogen and oxygen atoms in total. The number of para-hydroxylation sites is 2. The molecule has 0 saturated carbocycles. The summed E-state index contributed by atoms with van der Waals surface area (Å²) in [6.07, 6.45) is 0. The molecule has 0 amide bonds. The van der Waals surface area contributed by atoms with Gasteiger partial charge in [0.1, 0.15) is 0 Å². The molecular weight excluding hydrogens is 637 g/mol. The van der Waals surface area contributed by atoms with Crippen LogP contribution in [0.25, 0.3) is 52.5 Å². The molecule has 1 heterocycles. The lowest BCUT2D eigenvalue weighted by molar-refractivity contribution is 1.27. The molecule has 1 aromatic heterocycles. The van der Waals surface area contributed by atoms with Crippen molar-refractivity contribution in [3.63, 3.8) is 0 Å². The Labute approximate surface area is 300 Å². The highest BCUT2D eigenvalue weighted by Crippen LogP contribution is 2.48. The van der Waals surface area contributed by atoms with Crippen molar-refractivity contribution >= 4 is 98.0 Å². The van der Waals surface area contributed by atoms with Gasteiger partial charge >= 0.3 is 0 Å². The van der Waals surface area contributed by atoms with Gasteiger partial charge in [0.2, 0.25) is 0 Å². The van der Waals surface area contributed by atoms with Crippen LogP contribution in [0, 0.1) is 0 Å². The van der Waals surface area contributed by atoms with Crippen molar-refractivity contribution in [1.29, 1.82) is 0 Å². The van der Waals surface area contributed by atoms with E-state index < -0.39 is 0 Å². The van der Waals surface area contributed by atoms with E-state index >= 15 is 0 Å². The first-order chi connectivity index (χ1) is 25.3. The molecule has 0 unspecified atom stereocenters. The molecule has 9 aromatic carbocycles. The Balaban J connectivity index is 1.30. The highest BCUT2D eigenvalue weighted by atomic mass is 32.1. The minimum Gasteiger partial charge on any atom is -0.310 e. The molecular formula is C48H32N2S. The molecule has 0 radical (unpaired) electrons. The minimum atomic E-state index is 1.10. The van der Waals surface area contributed by atoms with Gasteiger partial charge in [0.05, 0.1) is 11.4 Å². The van der Waals surface area contributed by atoms with E-state index in [1.54, 1.807) is 0 Å². The molecule has 3 heteroatoms. The Morgan fingerprint density at radius 2 is 0.882 bits per heavy atom. The number of fused-ring (bicyclic) bond motifs is 7. The lowest BCUT2D eigenvalue weighted by Crippen LogP contribution is -2.14. The predicted octanol–water partition coefficient (Wildman–Crippen LogP) is 14.5. The van der Waals surface area contributed by atoms with Crippen LogP contribution in [0.5, 0.6) is 0 Å². The van der Waals surface area contributed by atoms with Crippen LogP contribution in [0.3, 0.4) is 0 Å². The quantitative estimate of drug-likeness (QED) is 0.163. The average Bonchev–Trinajstić information content (AvgIpc) is 3.57. The van der Waals surface area contributed by atoms with E-state index in [0.717, 1.165) is 34.1 Å². The van der Waals surface area contributed by atoms with E-state index in [0.29, 0.717) is 0 Å². The molecule has 240 valence electrons. The molecule has 0 spiro atoms. The lowest BCUT2D eigenvalue weighted by Gasteiger charge is -2.31. The number of hydrogen-bond acceptors (Lipinski definition) is 3. The van der Waals surface area contributed by atoms with Gasteiger partial charge in [0, 0.05) is 53.7 Å². The van der Waals surface area contributed by atoms with Gasteiger partial charge in [-0.05, 0) is 82.2 Å². The van der Waals surface area contributed by atoms with E-state index in [1.165, 1.54) is 52.5 Å². The normalized spacial score (nSPS) is 11.5. The smallest absolute Gasteiger partial charge is 0.0567 e. The number of benzene rings is 9. The molecule has 0 atom stereocenters. The van der Waals surface area contributed by atoms with Crippen LogP contribution in [0.15, 0.2) is 194 Å². The summed E-state index contributed by atoms with van der Waals surface area (Å²) in [6, 6.07) is 70.6. The summed E-state index contributed by atoms with van der Waals surface area (Å²) in [7, 11) is 0. The Morgan fingerprint density at radius 1 is 0.294 bits per heavy atom. The first kappa shape index (κ1) is 29.5. The maximum atomic E-state index is 2.46. The Kier molecular flexibility index (Phi) is 7.04. The number of anilines is 6. The van der Waals surface area contributed by atoms with E-state index in [-0.39, 0.29) is 0 Å². The van der Waals surface area contributed by atoms with Gasteiger partial charge in [-0.2, -0.15) is 0 Å². The molecule has 10 aromatic rings. The molecule has 0 bridgehead atoms. The average molecular weight is 669 g/mol. The number of nitrogens with zero attached hydrogens (tertiary/aromatic N) is 2. The van der Waals surface area contributed by atoms with Gasteiger partial charge in [0.25, 0.3) is 0 Å². The summed E-state index contributed by atoms with van der Waals surface area (Å²) in [5.74, 6) is 0. The Morgan fingerprint density at radius 3 is 1.67 bits per heavy atom. The largest absolute Gasteiger partial charge is 0.310 e. The number of rotatable bonds is 6. The van der Waals surface area contributed by atoms with Gasteiger partial charge < -0.3 is 9.80 Å². The van der Waals surface area contributed by atoms with Crippen molar-refractivity contribution in [3.8, 4) is 0 Å². The SMILES string of the molecule is c1ccc(N(c2cc(N(c3ccccc3)c3cccc4ccccc34)c3c(ccc4ccccc43)c2)c2ccc3c(c2)sc2ccccc23)cc1. The summed E-state index contributed by atoms with van der Waals surface area (Å²) < 4.78 is 2.59. The van der Waals surface area contributed by atoms with Gasteiger partial charge in [-0.3, -0.25) is 0 Å². The van der Waals surface area contributed by atoms with Gasteiger partial charge in [-0.15, -0.1) is 11.3 Å². The standard InChI is InChI=1S/C48H32N2S/c1-3-17-36(18-4-1)49(38-28-29-43-42-23-11-12-25-46(42)51-47(43)32-38)39-30-35-27-26-34-15-8-10-22-41(34)48(35)45(31-39)50(37-19-5-2-6-20-37)44-24-13-16-33-14-7-9-21-40(33)44/h1-32H. The van der Waals surface area contributed by atoms with Crippen molar-refractivity contribution < 1.29 is 0 Å². The second kappa shape index (κ2) is 12.2. The fourth-order valence-electron chi connectivity index (χ4n) is 7.68. The Hall–Kier alpha value is -6.42.